The zero-order chi connectivity index (χ0) is 17.1. The molecular weight excluding hydrogens is 312 g/mol. The summed E-state index contributed by atoms with van der Waals surface area (Å²) < 4.78 is 0. The molecule has 0 bridgehead atoms. The molecule has 4 aromatic carbocycles. The summed E-state index contributed by atoms with van der Waals surface area (Å²) >= 11 is 0. The van der Waals surface area contributed by atoms with Gasteiger partial charge in [0.2, 0.25) is 0 Å². The van der Waals surface area contributed by atoms with Crippen molar-refractivity contribution >= 4 is 0 Å². The lowest BCUT2D eigenvalue weighted by Crippen LogP contribution is -2.33. The Bertz CT molecular complexity index is 1150. The van der Waals surface area contributed by atoms with Gasteiger partial charge in [0.05, 0.1) is 5.41 Å². The first-order valence-electron chi connectivity index (χ1n) is 9.27. The van der Waals surface area contributed by atoms with Crippen LogP contribution in [-0.2, 0) is 11.8 Å². The van der Waals surface area contributed by atoms with Crippen molar-refractivity contribution in [2.24, 2.45) is 0 Å². The largest absolute Gasteiger partial charge is 0.0719 e. The van der Waals surface area contributed by atoms with Crippen LogP contribution >= 0.6 is 0 Å². The van der Waals surface area contributed by atoms with Crippen LogP contribution in [0.3, 0.4) is 0 Å². The van der Waals surface area contributed by atoms with Crippen molar-refractivity contribution in [3.63, 3.8) is 0 Å². The second kappa shape index (κ2) is 4.95. The van der Waals surface area contributed by atoms with E-state index in [0.29, 0.717) is 0 Å². The molecule has 26 heavy (non-hydrogen) atoms. The van der Waals surface area contributed by atoms with E-state index < -0.39 is 0 Å². The van der Waals surface area contributed by atoms with E-state index in [-0.39, 0.29) is 5.41 Å². The van der Waals surface area contributed by atoms with Crippen molar-refractivity contribution in [3.05, 3.63) is 130 Å². The average Bonchev–Trinajstić information content (AvgIpc) is 3.02. The van der Waals surface area contributed by atoms with Gasteiger partial charge in [-0.3, -0.25) is 0 Å². The third kappa shape index (κ3) is 1.55. The molecule has 0 spiro atoms. The molecule has 2 aliphatic rings. The predicted octanol–water partition coefficient (Wildman–Crippen LogP) is 5.95. The highest BCUT2D eigenvalue weighted by atomic mass is 14.5. The lowest BCUT2D eigenvalue weighted by atomic mass is 9.62. The Morgan fingerprint density at radius 3 is 2.04 bits per heavy atom. The fourth-order valence-electron chi connectivity index (χ4n) is 5.26. The maximum Gasteiger partial charge on any atom is 0.0719 e. The Balaban J connectivity index is 1.88. The minimum absolute atomic E-state index is 0.196. The zero-order valence-electron chi connectivity index (χ0n) is 14.4. The van der Waals surface area contributed by atoms with E-state index in [0.717, 1.165) is 6.42 Å². The first-order chi connectivity index (χ1) is 12.9. The van der Waals surface area contributed by atoms with Crippen LogP contribution in [-0.4, -0.2) is 0 Å². The van der Waals surface area contributed by atoms with Gasteiger partial charge >= 0.3 is 0 Å². The molecule has 122 valence electrons. The number of rotatable bonds is 1. The van der Waals surface area contributed by atoms with Crippen molar-refractivity contribution < 1.29 is 0 Å². The van der Waals surface area contributed by atoms with E-state index in [1.807, 2.05) is 0 Å². The first kappa shape index (κ1) is 14.1. The molecule has 0 heteroatoms. The first-order valence-corrected chi connectivity index (χ1v) is 9.27. The average molecular weight is 330 g/mol. The molecule has 0 saturated heterocycles. The molecular formula is C26H18. The summed E-state index contributed by atoms with van der Waals surface area (Å²) in [4.78, 5) is 0. The third-order valence-electron chi connectivity index (χ3n) is 6.16. The van der Waals surface area contributed by atoms with Gasteiger partial charge in [-0.25, -0.2) is 0 Å². The fourth-order valence-corrected chi connectivity index (χ4v) is 5.26. The van der Waals surface area contributed by atoms with Gasteiger partial charge in [-0.1, -0.05) is 97.1 Å². The van der Waals surface area contributed by atoms with Crippen LogP contribution in [0.15, 0.2) is 97.1 Å². The summed E-state index contributed by atoms with van der Waals surface area (Å²) in [5.41, 5.74) is 11.2. The lowest BCUT2D eigenvalue weighted by molar-refractivity contribution is 0.724. The van der Waals surface area contributed by atoms with Crippen molar-refractivity contribution in [1.29, 1.82) is 0 Å². The maximum atomic E-state index is 2.34. The van der Waals surface area contributed by atoms with E-state index >= 15 is 0 Å². The van der Waals surface area contributed by atoms with Gasteiger partial charge in [0.1, 0.15) is 0 Å². The van der Waals surface area contributed by atoms with Gasteiger partial charge in [0.15, 0.2) is 0 Å². The summed E-state index contributed by atoms with van der Waals surface area (Å²) in [5.74, 6) is 0. The molecule has 2 aliphatic carbocycles. The Hall–Kier alpha value is -3.12. The third-order valence-corrected chi connectivity index (χ3v) is 6.16. The van der Waals surface area contributed by atoms with Crippen molar-refractivity contribution in [1.82, 2.24) is 0 Å². The molecule has 4 aromatic rings. The SMILES string of the molecule is c1ccc(C23c4ccccc4Cc4cccc(c42)-c2ccccc23)cc1. The Labute approximate surface area is 153 Å². The lowest BCUT2D eigenvalue weighted by Gasteiger charge is -2.39. The number of fused-ring (bicyclic) bond motifs is 5. The fraction of sp³-hybridized carbons (Fsp3) is 0.0769. The van der Waals surface area contributed by atoms with E-state index in [2.05, 4.69) is 97.1 Å². The molecule has 0 fully saturated rings. The molecule has 0 radical (unpaired) electrons. The molecule has 0 amide bonds. The normalized spacial score (nSPS) is 18.8. The predicted molar refractivity (Wildman–Crippen MR) is 107 cm³/mol. The highest BCUT2D eigenvalue weighted by Gasteiger charge is 2.49. The molecule has 0 saturated carbocycles. The molecule has 1 atom stereocenters. The molecule has 0 aromatic heterocycles. The minimum atomic E-state index is -0.196. The van der Waals surface area contributed by atoms with Crippen LogP contribution in [0.5, 0.6) is 0 Å². The Kier molecular flexibility index (Phi) is 2.69. The summed E-state index contributed by atoms with van der Waals surface area (Å²) in [7, 11) is 0. The second-order valence-electron chi connectivity index (χ2n) is 7.34. The van der Waals surface area contributed by atoms with Crippen molar-refractivity contribution in [3.8, 4) is 11.1 Å². The topological polar surface area (TPSA) is 0 Å². The summed E-state index contributed by atoms with van der Waals surface area (Å²) in [6.07, 6.45) is 1.02. The van der Waals surface area contributed by atoms with Crippen molar-refractivity contribution in [2.75, 3.05) is 0 Å². The summed E-state index contributed by atoms with van der Waals surface area (Å²) in [5, 5.41) is 0. The smallest absolute Gasteiger partial charge is 0.0622 e. The van der Waals surface area contributed by atoms with Gasteiger partial charge in [-0.05, 0) is 50.9 Å². The zero-order valence-corrected chi connectivity index (χ0v) is 14.4. The van der Waals surface area contributed by atoms with Crippen LogP contribution in [0.1, 0.15) is 33.4 Å². The monoisotopic (exact) mass is 330 g/mol. The number of hydrogen-bond donors (Lipinski definition) is 0. The second-order valence-corrected chi connectivity index (χ2v) is 7.34. The number of benzene rings is 4. The van der Waals surface area contributed by atoms with E-state index in [4.69, 9.17) is 0 Å². The van der Waals surface area contributed by atoms with Crippen molar-refractivity contribution in [2.45, 2.75) is 11.8 Å². The number of hydrogen-bond acceptors (Lipinski definition) is 0. The van der Waals surface area contributed by atoms with Crippen LogP contribution in [0, 0.1) is 0 Å². The van der Waals surface area contributed by atoms with E-state index in [1.54, 1.807) is 0 Å². The van der Waals surface area contributed by atoms with Gasteiger partial charge < -0.3 is 0 Å². The van der Waals surface area contributed by atoms with E-state index in [9.17, 15) is 0 Å². The summed E-state index contributed by atoms with van der Waals surface area (Å²) in [6, 6.07) is 35.9. The van der Waals surface area contributed by atoms with Gasteiger partial charge in [-0.2, -0.15) is 0 Å². The van der Waals surface area contributed by atoms with Gasteiger partial charge in [0.25, 0.3) is 0 Å². The van der Waals surface area contributed by atoms with Gasteiger partial charge in [-0.15, -0.1) is 0 Å². The van der Waals surface area contributed by atoms with Crippen LogP contribution in [0.4, 0.5) is 0 Å². The molecule has 6 rings (SSSR count). The van der Waals surface area contributed by atoms with Crippen LogP contribution < -0.4 is 0 Å². The Morgan fingerprint density at radius 2 is 1.15 bits per heavy atom. The van der Waals surface area contributed by atoms with E-state index in [1.165, 1.54) is 44.5 Å². The Morgan fingerprint density at radius 1 is 0.500 bits per heavy atom. The quantitative estimate of drug-likeness (QED) is 0.349. The highest BCUT2D eigenvalue weighted by molar-refractivity contribution is 5.88. The molecule has 0 heterocycles. The molecule has 0 nitrogen and oxygen atoms in total. The molecule has 0 aliphatic heterocycles. The maximum absolute atomic E-state index is 2.34. The van der Waals surface area contributed by atoms with Gasteiger partial charge in [0, 0.05) is 0 Å². The summed E-state index contributed by atoms with van der Waals surface area (Å²) in [6.45, 7) is 0. The minimum Gasteiger partial charge on any atom is -0.0622 e. The highest BCUT2D eigenvalue weighted by Crippen LogP contribution is 2.59. The van der Waals surface area contributed by atoms with Crippen LogP contribution in [0.2, 0.25) is 0 Å². The molecule has 0 N–H and O–H groups in total. The standard InChI is InChI=1S/C26H18/c1-2-11-20(12-3-1)26-23-15-6-4-9-18(23)17-19-10-8-14-22(25(19)26)21-13-5-7-16-24(21)26/h1-16H,17H2. The molecule has 1 unspecified atom stereocenters. The van der Waals surface area contributed by atoms with Crippen LogP contribution in [0.25, 0.3) is 11.1 Å².